The van der Waals surface area contributed by atoms with E-state index in [1.807, 2.05) is 0 Å². The van der Waals surface area contributed by atoms with E-state index in [0.29, 0.717) is 17.8 Å². The summed E-state index contributed by atoms with van der Waals surface area (Å²) in [5, 5.41) is 20.9. The lowest BCUT2D eigenvalue weighted by molar-refractivity contribution is -0.245. The number of piperidine rings is 1. The lowest BCUT2D eigenvalue weighted by atomic mass is 9.34. The maximum Gasteiger partial charge on any atom is 0.167 e. The molecule has 0 aromatic rings. The molecule has 5 saturated carbocycles. The summed E-state index contributed by atoms with van der Waals surface area (Å²) in [5.41, 5.74) is 0.561. The molecule has 0 aromatic carbocycles. The first-order chi connectivity index (χ1) is 12.4. The van der Waals surface area contributed by atoms with Crippen molar-refractivity contribution in [1.82, 2.24) is 4.90 Å². The molecule has 2 N–H and O–H groups in total. The molecule has 1 aliphatic heterocycles. The third-order valence-corrected chi connectivity index (χ3v) is 9.45. The van der Waals surface area contributed by atoms with Gasteiger partial charge in [0.15, 0.2) is 5.78 Å². The maximum atomic E-state index is 13.4. The Morgan fingerprint density at radius 1 is 1.19 bits per heavy atom. The Morgan fingerprint density at radius 3 is 2.77 bits per heavy atom. The van der Waals surface area contributed by atoms with Gasteiger partial charge in [0, 0.05) is 19.6 Å². The standard InChI is InChI=1S/C22H33NO3/c1-14-15-4-7-22(19(14)26)17(10-15)21-6-3-5-20(2,16(21)11-18(22)25)12-23(13-21)8-9-24/h15-18,24-25H,1,3-13H2,2H3/t15-,16?,17?,18+,20-,21-,22+/m0/s1. The number of β-amino-alcohol motifs (C(OH)–C–C–N with tert-alkyl or cyclic N) is 1. The summed E-state index contributed by atoms with van der Waals surface area (Å²) in [6, 6.07) is 0. The molecule has 5 aliphatic carbocycles. The van der Waals surface area contributed by atoms with Gasteiger partial charge in [-0.15, -0.1) is 0 Å². The highest BCUT2D eigenvalue weighted by molar-refractivity contribution is 6.02. The quantitative estimate of drug-likeness (QED) is 0.743. The zero-order chi connectivity index (χ0) is 18.3. The van der Waals surface area contributed by atoms with Crippen LogP contribution in [0.4, 0.5) is 0 Å². The zero-order valence-electron chi connectivity index (χ0n) is 16.0. The topological polar surface area (TPSA) is 60.8 Å². The number of likely N-dealkylation sites (tertiary alicyclic amines) is 1. The minimum absolute atomic E-state index is 0.134. The maximum absolute atomic E-state index is 13.4. The Bertz CT molecular complexity index is 662. The fourth-order valence-corrected chi connectivity index (χ4v) is 8.58. The average molecular weight is 360 g/mol. The van der Waals surface area contributed by atoms with Crippen LogP contribution < -0.4 is 0 Å². The largest absolute Gasteiger partial charge is 0.395 e. The third-order valence-electron chi connectivity index (χ3n) is 9.45. The second-order valence-electron chi connectivity index (χ2n) is 10.4. The van der Waals surface area contributed by atoms with Crippen LogP contribution in [-0.2, 0) is 4.79 Å². The predicted molar refractivity (Wildman–Crippen MR) is 99.4 cm³/mol. The van der Waals surface area contributed by atoms with Gasteiger partial charge >= 0.3 is 0 Å². The van der Waals surface area contributed by atoms with Gasteiger partial charge in [0.1, 0.15) is 0 Å². The van der Waals surface area contributed by atoms with Gasteiger partial charge in [-0.2, -0.15) is 0 Å². The number of aliphatic hydroxyl groups excluding tert-OH is 2. The second-order valence-corrected chi connectivity index (χ2v) is 10.4. The third kappa shape index (κ3) is 1.89. The van der Waals surface area contributed by atoms with E-state index in [9.17, 15) is 15.0 Å². The Morgan fingerprint density at radius 2 is 2.00 bits per heavy atom. The number of fused-ring (bicyclic) bond motifs is 2. The monoisotopic (exact) mass is 359 g/mol. The van der Waals surface area contributed by atoms with Gasteiger partial charge in [0.25, 0.3) is 0 Å². The average Bonchev–Trinajstić information content (AvgIpc) is 2.60. The molecule has 26 heavy (non-hydrogen) atoms. The lowest BCUT2D eigenvalue weighted by Gasteiger charge is -2.72. The zero-order valence-corrected chi connectivity index (χ0v) is 16.0. The van der Waals surface area contributed by atoms with E-state index in [4.69, 9.17) is 0 Å². The number of carbonyl (C=O) groups is 1. The number of aliphatic hydroxyl groups is 2. The molecule has 0 amide bonds. The van der Waals surface area contributed by atoms with Gasteiger partial charge in [0.05, 0.1) is 18.1 Å². The van der Waals surface area contributed by atoms with E-state index in [2.05, 4.69) is 18.4 Å². The minimum atomic E-state index is -0.567. The summed E-state index contributed by atoms with van der Waals surface area (Å²) < 4.78 is 0. The van der Waals surface area contributed by atoms with Gasteiger partial charge in [0.2, 0.25) is 0 Å². The molecular formula is C22H33NO3. The van der Waals surface area contributed by atoms with Crippen molar-refractivity contribution in [2.75, 3.05) is 26.2 Å². The van der Waals surface area contributed by atoms with E-state index in [1.54, 1.807) is 0 Å². The molecule has 144 valence electrons. The minimum Gasteiger partial charge on any atom is -0.395 e. The summed E-state index contributed by atoms with van der Waals surface area (Å²) in [4.78, 5) is 15.8. The highest BCUT2D eigenvalue weighted by Gasteiger charge is 2.72. The van der Waals surface area contributed by atoms with Crippen molar-refractivity contribution in [2.24, 2.45) is 34.0 Å². The number of nitrogens with zero attached hydrogens (tertiary/aromatic N) is 1. The summed E-state index contributed by atoms with van der Waals surface area (Å²) >= 11 is 0. The molecule has 4 heteroatoms. The first-order valence-corrected chi connectivity index (χ1v) is 10.6. The van der Waals surface area contributed by atoms with Gasteiger partial charge in [-0.25, -0.2) is 0 Å². The molecule has 6 rings (SSSR count). The molecule has 6 fully saturated rings. The highest BCUT2D eigenvalue weighted by atomic mass is 16.3. The van der Waals surface area contributed by atoms with E-state index in [0.717, 1.165) is 50.9 Å². The normalized spacial score (nSPS) is 53.3. The van der Waals surface area contributed by atoms with Crippen LogP contribution in [0.1, 0.15) is 51.9 Å². The number of hydrogen-bond acceptors (Lipinski definition) is 4. The van der Waals surface area contributed by atoms with Crippen molar-refractivity contribution in [2.45, 2.75) is 58.0 Å². The molecule has 4 nitrogen and oxygen atoms in total. The Labute approximate surface area is 156 Å². The SMILES string of the molecule is C=C1C(=O)[C@]23CC[C@H]1CC2[C@@]12CCC[C@@](C)(CN(CCO)C1)C2C[C@H]3O. The summed E-state index contributed by atoms with van der Waals surface area (Å²) in [5.74, 6) is 1.32. The van der Waals surface area contributed by atoms with Gasteiger partial charge in [-0.3, -0.25) is 9.69 Å². The van der Waals surface area contributed by atoms with Crippen molar-refractivity contribution in [3.63, 3.8) is 0 Å². The fourth-order valence-electron chi connectivity index (χ4n) is 8.58. The number of rotatable bonds is 2. The molecule has 4 bridgehead atoms. The van der Waals surface area contributed by atoms with Gasteiger partial charge in [-0.1, -0.05) is 19.9 Å². The van der Waals surface area contributed by atoms with Gasteiger partial charge in [-0.05, 0) is 72.7 Å². The molecule has 6 aliphatic rings. The second kappa shape index (κ2) is 5.42. The number of hydrogen-bond donors (Lipinski definition) is 2. The van der Waals surface area contributed by atoms with Crippen molar-refractivity contribution in [3.05, 3.63) is 12.2 Å². The molecule has 0 radical (unpaired) electrons. The van der Waals surface area contributed by atoms with Crippen LogP contribution >= 0.6 is 0 Å². The number of ketones is 1. The van der Waals surface area contributed by atoms with Crippen LogP contribution in [0.15, 0.2) is 12.2 Å². The van der Waals surface area contributed by atoms with Crippen molar-refractivity contribution in [1.29, 1.82) is 0 Å². The lowest BCUT2D eigenvalue weighted by Crippen LogP contribution is -2.73. The van der Waals surface area contributed by atoms with Crippen LogP contribution in [0, 0.1) is 34.0 Å². The van der Waals surface area contributed by atoms with Crippen LogP contribution in [0.3, 0.4) is 0 Å². The molecule has 0 aromatic heterocycles. The van der Waals surface area contributed by atoms with Crippen molar-refractivity contribution < 1.29 is 15.0 Å². The molecule has 7 atom stereocenters. The number of allylic oxidation sites excluding steroid dienone is 1. The van der Waals surface area contributed by atoms with E-state index in [-0.39, 0.29) is 23.2 Å². The Hall–Kier alpha value is -0.710. The predicted octanol–water partition coefficient (Wildman–Crippen LogP) is 2.39. The Balaban J connectivity index is 1.64. The smallest absolute Gasteiger partial charge is 0.167 e. The number of carbonyl (C=O) groups excluding carboxylic acids is 1. The first kappa shape index (κ1) is 17.4. The van der Waals surface area contributed by atoms with Crippen LogP contribution in [0.5, 0.6) is 0 Å². The van der Waals surface area contributed by atoms with Gasteiger partial charge < -0.3 is 10.2 Å². The summed E-state index contributed by atoms with van der Waals surface area (Å²) in [6.45, 7) is 9.50. The van der Waals surface area contributed by atoms with E-state index in [1.165, 1.54) is 19.3 Å². The Kier molecular flexibility index (Phi) is 3.63. The molecule has 2 unspecified atom stereocenters. The molecular weight excluding hydrogens is 326 g/mol. The first-order valence-electron chi connectivity index (χ1n) is 10.6. The van der Waals surface area contributed by atoms with Crippen LogP contribution in [0.25, 0.3) is 0 Å². The summed E-state index contributed by atoms with van der Waals surface area (Å²) in [6.07, 6.45) is 6.83. The number of Topliss-reactive ketones (excluding diaryl/α,β-unsaturated/α-hetero) is 1. The van der Waals surface area contributed by atoms with Crippen LogP contribution in [0.2, 0.25) is 0 Å². The summed E-state index contributed by atoms with van der Waals surface area (Å²) in [7, 11) is 0. The molecule has 1 heterocycles. The van der Waals surface area contributed by atoms with Crippen LogP contribution in [-0.4, -0.2) is 53.2 Å². The fraction of sp³-hybridized carbons (Fsp3) is 0.864. The van der Waals surface area contributed by atoms with E-state index >= 15 is 0 Å². The molecule has 1 saturated heterocycles. The van der Waals surface area contributed by atoms with Crippen molar-refractivity contribution in [3.8, 4) is 0 Å². The van der Waals surface area contributed by atoms with E-state index < -0.39 is 11.5 Å². The highest BCUT2D eigenvalue weighted by Crippen LogP contribution is 2.72. The molecule has 1 spiro atoms. The van der Waals surface area contributed by atoms with Crippen molar-refractivity contribution >= 4 is 5.78 Å².